The Labute approximate surface area is 195 Å². The highest BCUT2D eigenvalue weighted by Crippen LogP contribution is 2.25. The summed E-state index contributed by atoms with van der Waals surface area (Å²) < 4.78 is 5.28. The minimum absolute atomic E-state index is 0.146. The van der Waals surface area contributed by atoms with Gasteiger partial charge in [-0.1, -0.05) is 56.3 Å². The van der Waals surface area contributed by atoms with Crippen molar-refractivity contribution in [2.75, 3.05) is 12.4 Å². The molecule has 31 heavy (non-hydrogen) atoms. The molecule has 0 bridgehead atoms. The Hall–Kier alpha value is -2.50. The first-order chi connectivity index (χ1) is 15.0. The lowest BCUT2D eigenvalue weighted by Gasteiger charge is -2.23. The number of benzene rings is 3. The van der Waals surface area contributed by atoms with Crippen molar-refractivity contribution in [3.8, 4) is 5.75 Å². The Morgan fingerprint density at radius 2 is 1.61 bits per heavy atom. The Bertz CT molecular complexity index is 941. The van der Waals surface area contributed by atoms with Crippen LogP contribution in [0.3, 0.4) is 0 Å². The van der Waals surface area contributed by atoms with Crippen LogP contribution in [0.5, 0.6) is 5.75 Å². The molecule has 0 aliphatic rings. The minimum atomic E-state index is 0.146. The summed E-state index contributed by atoms with van der Waals surface area (Å²) in [4.78, 5) is 1.28. The first-order valence-corrected chi connectivity index (χ1v) is 11.9. The van der Waals surface area contributed by atoms with Gasteiger partial charge in [-0.05, 0) is 72.1 Å². The molecule has 0 aliphatic carbocycles. The van der Waals surface area contributed by atoms with Gasteiger partial charge in [-0.3, -0.25) is 0 Å². The van der Waals surface area contributed by atoms with Crippen molar-refractivity contribution in [1.29, 1.82) is 0 Å². The molecule has 0 fully saturated rings. The third-order valence-electron chi connectivity index (χ3n) is 4.89. The topological polar surface area (TPSA) is 33.3 Å². The zero-order chi connectivity index (χ0) is 22.1. The van der Waals surface area contributed by atoms with Crippen LogP contribution in [0.2, 0.25) is 0 Å². The highest BCUT2D eigenvalue weighted by Gasteiger charge is 2.15. The van der Waals surface area contributed by atoms with E-state index in [0.29, 0.717) is 11.0 Å². The van der Waals surface area contributed by atoms with Gasteiger partial charge in [0.1, 0.15) is 5.75 Å². The maximum absolute atomic E-state index is 5.61. The zero-order valence-corrected chi connectivity index (χ0v) is 19.9. The number of rotatable bonds is 9. The third kappa shape index (κ3) is 7.60. The molecule has 0 heterocycles. The summed E-state index contributed by atoms with van der Waals surface area (Å²) in [6.45, 7) is 4.45. The Balaban J connectivity index is 1.57. The van der Waals surface area contributed by atoms with E-state index in [1.807, 2.05) is 30.0 Å². The van der Waals surface area contributed by atoms with Gasteiger partial charge in [-0.2, -0.15) is 0 Å². The summed E-state index contributed by atoms with van der Waals surface area (Å²) in [7, 11) is 1.68. The van der Waals surface area contributed by atoms with Gasteiger partial charge in [0.25, 0.3) is 0 Å². The summed E-state index contributed by atoms with van der Waals surface area (Å²) in [6.07, 6.45) is 0.990. The van der Waals surface area contributed by atoms with Crippen LogP contribution in [0.4, 0.5) is 5.69 Å². The number of hydrogen-bond donors (Lipinski definition) is 2. The van der Waals surface area contributed by atoms with Crippen LogP contribution >= 0.6 is 24.0 Å². The van der Waals surface area contributed by atoms with Crippen molar-refractivity contribution in [3.63, 3.8) is 0 Å². The van der Waals surface area contributed by atoms with Crippen LogP contribution < -0.4 is 15.4 Å². The number of ether oxygens (including phenoxy) is 1. The van der Waals surface area contributed by atoms with Crippen molar-refractivity contribution < 1.29 is 4.74 Å². The monoisotopic (exact) mass is 450 g/mol. The predicted molar refractivity (Wildman–Crippen MR) is 137 cm³/mol. The van der Waals surface area contributed by atoms with Gasteiger partial charge >= 0.3 is 0 Å². The lowest BCUT2D eigenvalue weighted by atomic mass is 9.97. The van der Waals surface area contributed by atoms with Gasteiger partial charge in [-0.15, -0.1) is 11.8 Å². The summed E-state index contributed by atoms with van der Waals surface area (Å²) >= 11 is 7.45. The van der Waals surface area contributed by atoms with Crippen molar-refractivity contribution in [2.45, 2.75) is 37.0 Å². The van der Waals surface area contributed by atoms with Crippen molar-refractivity contribution in [1.82, 2.24) is 5.32 Å². The molecule has 0 spiro atoms. The van der Waals surface area contributed by atoms with Crippen molar-refractivity contribution in [3.05, 3.63) is 90.0 Å². The van der Waals surface area contributed by atoms with Gasteiger partial charge in [0.2, 0.25) is 0 Å². The molecule has 0 radical (unpaired) electrons. The van der Waals surface area contributed by atoms with E-state index in [-0.39, 0.29) is 6.04 Å². The Morgan fingerprint density at radius 1 is 0.935 bits per heavy atom. The van der Waals surface area contributed by atoms with Gasteiger partial charge in [0.05, 0.1) is 13.2 Å². The highest BCUT2D eigenvalue weighted by atomic mass is 32.2. The molecule has 3 rings (SSSR count). The number of methoxy groups -OCH3 is 1. The van der Waals surface area contributed by atoms with E-state index < -0.39 is 0 Å². The number of hydrogen-bond acceptors (Lipinski definition) is 3. The zero-order valence-electron chi connectivity index (χ0n) is 18.3. The highest BCUT2D eigenvalue weighted by molar-refractivity contribution is 7.98. The normalized spacial score (nSPS) is 11.7. The molecule has 0 saturated carbocycles. The van der Waals surface area contributed by atoms with Crippen LogP contribution in [-0.4, -0.2) is 12.2 Å². The summed E-state index contributed by atoms with van der Waals surface area (Å²) in [5.74, 6) is 2.35. The van der Waals surface area contributed by atoms with Crippen molar-refractivity contribution in [2.24, 2.45) is 5.92 Å². The maximum atomic E-state index is 5.61. The predicted octanol–water partition coefficient (Wildman–Crippen LogP) is 7.06. The molecule has 0 aromatic heterocycles. The van der Waals surface area contributed by atoms with Crippen molar-refractivity contribution >= 4 is 34.8 Å². The van der Waals surface area contributed by atoms with E-state index in [1.165, 1.54) is 16.0 Å². The second-order valence-corrected chi connectivity index (χ2v) is 9.31. The molecule has 3 aromatic carbocycles. The van der Waals surface area contributed by atoms with Crippen LogP contribution in [0, 0.1) is 5.92 Å². The molecule has 0 saturated heterocycles. The van der Waals surface area contributed by atoms with Gasteiger partial charge in [0.15, 0.2) is 5.11 Å². The average molecular weight is 451 g/mol. The van der Waals surface area contributed by atoms with E-state index in [9.17, 15) is 0 Å². The molecule has 3 aromatic rings. The summed E-state index contributed by atoms with van der Waals surface area (Å²) in [5.41, 5.74) is 3.48. The quantitative estimate of drug-likeness (QED) is 0.269. The van der Waals surface area contributed by atoms with Gasteiger partial charge in [-0.25, -0.2) is 0 Å². The first kappa shape index (κ1) is 23.2. The lowest BCUT2D eigenvalue weighted by Crippen LogP contribution is -2.33. The molecular formula is C26H30N2OS2. The molecule has 5 heteroatoms. The molecular weight excluding hydrogens is 420 g/mol. The molecule has 0 amide bonds. The number of thiocarbonyl (C=S) groups is 1. The SMILES string of the molecule is COc1ccc([C@H](CC(C)C)NC(=S)Nc2ccc(CSc3ccccc3)cc2)cc1. The van der Waals surface area contributed by atoms with Crippen LogP contribution in [0.25, 0.3) is 0 Å². The van der Waals surface area contributed by atoms with Crippen LogP contribution in [0.1, 0.15) is 37.4 Å². The smallest absolute Gasteiger partial charge is 0.171 e. The van der Waals surface area contributed by atoms with Crippen LogP contribution in [-0.2, 0) is 5.75 Å². The molecule has 0 aliphatic heterocycles. The molecule has 0 unspecified atom stereocenters. The summed E-state index contributed by atoms with van der Waals surface area (Å²) in [5, 5.41) is 7.45. The van der Waals surface area contributed by atoms with Gasteiger partial charge < -0.3 is 15.4 Å². The second-order valence-electron chi connectivity index (χ2n) is 7.85. The minimum Gasteiger partial charge on any atom is -0.497 e. The van der Waals surface area contributed by atoms with E-state index in [0.717, 1.165) is 23.6 Å². The first-order valence-electron chi connectivity index (χ1n) is 10.5. The van der Waals surface area contributed by atoms with E-state index in [4.69, 9.17) is 17.0 Å². The molecule has 2 N–H and O–H groups in total. The second kappa shape index (κ2) is 11.8. The number of thioether (sulfide) groups is 1. The molecule has 162 valence electrons. The number of anilines is 1. The maximum Gasteiger partial charge on any atom is 0.171 e. The van der Waals surface area contributed by atoms with Gasteiger partial charge in [0, 0.05) is 16.3 Å². The standard InChI is InChI=1S/C26H30N2OS2/c1-19(2)17-25(21-11-15-23(29-3)16-12-21)28-26(30)27-22-13-9-20(10-14-22)18-31-24-7-5-4-6-8-24/h4-16,19,25H,17-18H2,1-3H3,(H2,27,28,30)/t25-/m0/s1. The third-order valence-corrected chi connectivity index (χ3v) is 6.19. The van der Waals surface area contributed by atoms with E-state index >= 15 is 0 Å². The Kier molecular flexibility index (Phi) is 8.80. The Morgan fingerprint density at radius 3 is 2.23 bits per heavy atom. The molecule has 1 atom stereocenters. The largest absolute Gasteiger partial charge is 0.497 e. The van der Waals surface area contributed by atoms with E-state index in [1.54, 1.807) is 7.11 Å². The van der Waals surface area contributed by atoms with E-state index in [2.05, 4.69) is 85.1 Å². The fourth-order valence-corrected chi connectivity index (χ4v) is 4.41. The average Bonchev–Trinajstić information content (AvgIpc) is 2.78. The fraction of sp³-hybridized carbons (Fsp3) is 0.269. The number of nitrogens with one attached hydrogen (secondary N) is 2. The lowest BCUT2D eigenvalue weighted by molar-refractivity contribution is 0.414. The van der Waals surface area contributed by atoms with Crippen LogP contribution in [0.15, 0.2) is 83.8 Å². The molecule has 3 nitrogen and oxygen atoms in total. The summed E-state index contributed by atoms with van der Waals surface area (Å²) in [6, 6.07) is 27.3. The fourth-order valence-electron chi connectivity index (χ4n) is 3.28.